The van der Waals surface area contributed by atoms with Crippen molar-refractivity contribution in [2.45, 2.75) is 6.61 Å². The van der Waals surface area contributed by atoms with Crippen molar-refractivity contribution in [2.24, 2.45) is 0 Å². The van der Waals surface area contributed by atoms with Crippen molar-refractivity contribution in [2.75, 3.05) is 19.0 Å². The number of nitrogens with zero attached hydrogens (tertiary/aromatic N) is 1. The molecule has 36 heavy (non-hydrogen) atoms. The third-order valence-electron chi connectivity index (χ3n) is 5.10. The van der Waals surface area contributed by atoms with Crippen LogP contribution in [0.2, 0.25) is 0 Å². The van der Waals surface area contributed by atoms with Gasteiger partial charge < -0.3 is 14.8 Å². The fourth-order valence-electron chi connectivity index (χ4n) is 3.38. The van der Waals surface area contributed by atoms with Crippen molar-refractivity contribution in [3.8, 4) is 11.5 Å². The summed E-state index contributed by atoms with van der Waals surface area (Å²) in [7, 11) is 1.50. The Kier molecular flexibility index (Phi) is 8.07. The van der Waals surface area contributed by atoms with Gasteiger partial charge >= 0.3 is 0 Å². The third kappa shape index (κ3) is 5.95. The highest BCUT2D eigenvalue weighted by Crippen LogP contribution is 2.39. The van der Waals surface area contributed by atoms with Gasteiger partial charge in [0.05, 0.1) is 22.2 Å². The lowest BCUT2D eigenvalue weighted by molar-refractivity contribution is -0.127. The van der Waals surface area contributed by atoms with Crippen molar-refractivity contribution in [3.63, 3.8) is 0 Å². The quantitative estimate of drug-likeness (QED) is 0.342. The molecular formula is C26H20BrFN2O5S. The van der Waals surface area contributed by atoms with Crippen molar-refractivity contribution >= 4 is 56.5 Å². The number of para-hydroxylation sites is 1. The fraction of sp³-hybridized carbons (Fsp3) is 0.115. The highest BCUT2D eigenvalue weighted by atomic mass is 79.9. The zero-order valence-electron chi connectivity index (χ0n) is 19.0. The van der Waals surface area contributed by atoms with E-state index in [4.69, 9.17) is 9.47 Å². The SMILES string of the molecule is COc1cc(/C=C2\SC(=O)N(CC(=O)Nc3ccccc3F)C2=O)cc(Br)c1OCc1ccccc1. The van der Waals surface area contributed by atoms with Crippen molar-refractivity contribution in [3.05, 3.63) is 93.1 Å². The van der Waals surface area contributed by atoms with Crippen LogP contribution in [0.1, 0.15) is 11.1 Å². The van der Waals surface area contributed by atoms with Crippen LogP contribution in [0.5, 0.6) is 11.5 Å². The highest BCUT2D eigenvalue weighted by molar-refractivity contribution is 9.10. The molecule has 3 aromatic rings. The van der Waals surface area contributed by atoms with Crippen LogP contribution in [0.15, 0.2) is 76.1 Å². The van der Waals surface area contributed by atoms with Gasteiger partial charge in [0.15, 0.2) is 11.5 Å². The molecule has 3 amide bonds. The molecule has 1 aliphatic heterocycles. The van der Waals surface area contributed by atoms with Gasteiger partial charge in [0, 0.05) is 0 Å². The second-order valence-electron chi connectivity index (χ2n) is 7.60. The number of nitrogens with one attached hydrogen (secondary N) is 1. The molecule has 3 aromatic carbocycles. The summed E-state index contributed by atoms with van der Waals surface area (Å²) in [5.74, 6) is -0.983. The largest absolute Gasteiger partial charge is 0.493 e. The molecule has 0 spiro atoms. The number of rotatable bonds is 8. The monoisotopic (exact) mass is 570 g/mol. The minimum atomic E-state index is -0.687. The smallest absolute Gasteiger partial charge is 0.294 e. The summed E-state index contributed by atoms with van der Waals surface area (Å²) >= 11 is 4.20. The molecule has 0 bridgehead atoms. The van der Waals surface area contributed by atoms with Gasteiger partial charge in [0.1, 0.15) is 19.0 Å². The van der Waals surface area contributed by atoms with Crippen molar-refractivity contribution in [1.82, 2.24) is 4.90 Å². The van der Waals surface area contributed by atoms with E-state index >= 15 is 0 Å². The van der Waals surface area contributed by atoms with Gasteiger partial charge in [-0.3, -0.25) is 19.3 Å². The number of carbonyl (C=O) groups is 3. The van der Waals surface area contributed by atoms with Crippen LogP contribution in [0.3, 0.4) is 0 Å². The second-order valence-corrected chi connectivity index (χ2v) is 9.45. The first-order valence-corrected chi connectivity index (χ1v) is 12.3. The average molecular weight is 571 g/mol. The van der Waals surface area contributed by atoms with E-state index in [2.05, 4.69) is 21.2 Å². The molecule has 0 atom stereocenters. The zero-order valence-corrected chi connectivity index (χ0v) is 21.4. The fourth-order valence-corrected chi connectivity index (χ4v) is 4.79. The number of carbonyl (C=O) groups excluding carboxylic acids is 3. The number of imide groups is 1. The summed E-state index contributed by atoms with van der Waals surface area (Å²) < 4.78 is 25.8. The van der Waals surface area contributed by atoms with E-state index in [-0.39, 0.29) is 10.6 Å². The molecule has 7 nitrogen and oxygen atoms in total. The number of amides is 3. The Bertz CT molecular complexity index is 1350. The summed E-state index contributed by atoms with van der Waals surface area (Å²) in [6.45, 7) is -0.196. The van der Waals surface area contributed by atoms with Gasteiger partial charge in [-0.1, -0.05) is 42.5 Å². The lowest BCUT2D eigenvalue weighted by Gasteiger charge is -2.14. The Morgan fingerprint density at radius 1 is 1.11 bits per heavy atom. The summed E-state index contributed by atoms with van der Waals surface area (Å²) in [5, 5.41) is 1.78. The lowest BCUT2D eigenvalue weighted by atomic mass is 10.1. The second kappa shape index (κ2) is 11.4. The summed E-state index contributed by atoms with van der Waals surface area (Å²) in [6.07, 6.45) is 1.54. The lowest BCUT2D eigenvalue weighted by Crippen LogP contribution is -2.36. The van der Waals surface area contributed by atoms with Crippen molar-refractivity contribution < 1.29 is 28.2 Å². The predicted octanol–water partition coefficient (Wildman–Crippen LogP) is 5.85. The molecule has 10 heteroatoms. The summed E-state index contributed by atoms with van der Waals surface area (Å²) in [5.41, 5.74) is 1.55. The van der Waals surface area contributed by atoms with Crippen LogP contribution in [-0.4, -0.2) is 35.6 Å². The number of thioether (sulfide) groups is 1. The van der Waals surface area contributed by atoms with Crippen LogP contribution in [-0.2, 0) is 16.2 Å². The van der Waals surface area contributed by atoms with Gasteiger partial charge in [-0.15, -0.1) is 0 Å². The number of hydrogen-bond donors (Lipinski definition) is 1. The van der Waals surface area contributed by atoms with Crippen LogP contribution in [0.25, 0.3) is 6.08 Å². The minimum absolute atomic E-state index is 0.0310. The summed E-state index contributed by atoms with van der Waals surface area (Å²) in [4.78, 5) is 38.5. The Labute approximate surface area is 219 Å². The van der Waals surface area contributed by atoms with E-state index in [9.17, 15) is 18.8 Å². The van der Waals surface area contributed by atoms with E-state index in [1.165, 1.54) is 31.4 Å². The molecule has 0 aliphatic carbocycles. The number of halogens is 2. The molecule has 0 aromatic heterocycles. The molecular weight excluding hydrogens is 551 g/mol. The number of hydrogen-bond acceptors (Lipinski definition) is 6. The van der Waals surface area contributed by atoms with E-state index < -0.39 is 29.4 Å². The maximum atomic E-state index is 13.8. The van der Waals surface area contributed by atoms with Crippen LogP contribution < -0.4 is 14.8 Å². The van der Waals surface area contributed by atoms with Crippen molar-refractivity contribution in [1.29, 1.82) is 0 Å². The third-order valence-corrected chi connectivity index (χ3v) is 6.60. The Morgan fingerprint density at radius 3 is 2.56 bits per heavy atom. The van der Waals surface area contributed by atoms with Gasteiger partial charge in [-0.05, 0) is 69.2 Å². The molecule has 1 saturated heterocycles. The number of methoxy groups -OCH3 is 1. The van der Waals surface area contributed by atoms with E-state index in [1.54, 1.807) is 18.2 Å². The Morgan fingerprint density at radius 2 is 1.83 bits per heavy atom. The van der Waals surface area contributed by atoms with Gasteiger partial charge in [0.2, 0.25) is 5.91 Å². The first kappa shape index (κ1) is 25.5. The first-order chi connectivity index (χ1) is 17.4. The molecule has 1 fully saturated rings. The number of benzene rings is 3. The highest BCUT2D eigenvalue weighted by Gasteiger charge is 2.36. The molecule has 0 radical (unpaired) electrons. The van der Waals surface area contributed by atoms with Crippen LogP contribution in [0, 0.1) is 5.82 Å². The van der Waals surface area contributed by atoms with E-state index in [0.29, 0.717) is 39.9 Å². The zero-order chi connectivity index (χ0) is 25.7. The number of anilines is 1. The van der Waals surface area contributed by atoms with Gasteiger partial charge in [0.25, 0.3) is 11.1 Å². The maximum Gasteiger partial charge on any atom is 0.294 e. The first-order valence-electron chi connectivity index (χ1n) is 10.7. The molecule has 1 aliphatic rings. The molecule has 4 rings (SSSR count). The van der Waals surface area contributed by atoms with Crippen LogP contribution >= 0.6 is 27.7 Å². The van der Waals surface area contributed by atoms with Gasteiger partial charge in [-0.2, -0.15) is 0 Å². The molecule has 0 saturated carbocycles. The molecule has 1 N–H and O–H groups in total. The number of ether oxygens (including phenoxy) is 2. The minimum Gasteiger partial charge on any atom is -0.493 e. The summed E-state index contributed by atoms with van der Waals surface area (Å²) in [6, 6.07) is 18.7. The van der Waals surface area contributed by atoms with E-state index in [1.807, 2.05) is 30.3 Å². The van der Waals surface area contributed by atoms with E-state index in [0.717, 1.165) is 10.5 Å². The topological polar surface area (TPSA) is 84.9 Å². The Balaban J connectivity index is 1.47. The standard InChI is InChI=1S/C26H20BrFN2O5S/c1-34-21-12-17(11-18(27)24(21)35-15-16-7-3-2-4-8-16)13-22-25(32)30(26(33)36-22)14-23(31)29-20-10-6-5-9-19(20)28/h2-13H,14-15H2,1H3,(H,29,31)/b22-13-. The molecule has 1 heterocycles. The molecule has 0 unspecified atom stereocenters. The molecule has 184 valence electrons. The van der Waals surface area contributed by atoms with Crippen LogP contribution in [0.4, 0.5) is 14.9 Å². The average Bonchev–Trinajstić information content (AvgIpc) is 3.12. The normalized spacial score (nSPS) is 14.3. The predicted molar refractivity (Wildman–Crippen MR) is 139 cm³/mol. The van der Waals surface area contributed by atoms with Gasteiger partial charge in [-0.25, -0.2) is 4.39 Å². The maximum absolute atomic E-state index is 13.8. The Hall–Kier alpha value is -3.63.